The zero-order valence-corrected chi connectivity index (χ0v) is 13.1. The summed E-state index contributed by atoms with van der Waals surface area (Å²) in [6.45, 7) is 4.59. The van der Waals surface area contributed by atoms with Crippen LogP contribution in [-0.2, 0) is 13.0 Å². The summed E-state index contributed by atoms with van der Waals surface area (Å²) in [5.74, 6) is 5.72. The van der Waals surface area contributed by atoms with E-state index in [9.17, 15) is 4.79 Å². The number of nitrogens with two attached hydrogens (primary N) is 1. The number of aryl methyl sites for hydroxylation is 2. The van der Waals surface area contributed by atoms with Gasteiger partial charge in [-0.15, -0.1) is 11.3 Å². The van der Waals surface area contributed by atoms with Crippen LogP contribution in [0.5, 0.6) is 5.75 Å². The number of ether oxygens (including phenoxy) is 1. The number of hydrogen-bond donors (Lipinski definition) is 2. The Morgan fingerprint density at radius 3 is 2.67 bits per heavy atom. The summed E-state index contributed by atoms with van der Waals surface area (Å²) in [6.07, 6.45) is 2.22. The van der Waals surface area contributed by atoms with Gasteiger partial charge < -0.3 is 4.74 Å². The highest BCUT2D eigenvalue weighted by atomic mass is 32.1. The van der Waals surface area contributed by atoms with E-state index in [1.54, 1.807) is 0 Å². The molecule has 21 heavy (non-hydrogen) atoms. The summed E-state index contributed by atoms with van der Waals surface area (Å²) in [6, 6.07) is 9.98. The summed E-state index contributed by atoms with van der Waals surface area (Å²) >= 11 is 1.42. The number of nitrogen functional groups attached to an aromatic ring is 1. The van der Waals surface area contributed by atoms with Crippen LogP contribution in [0.4, 0.5) is 0 Å². The third-order valence-corrected chi connectivity index (χ3v) is 4.32. The molecule has 112 valence electrons. The third-order valence-electron chi connectivity index (χ3n) is 3.23. The quantitative estimate of drug-likeness (QED) is 0.489. The molecule has 0 aliphatic rings. The lowest BCUT2D eigenvalue weighted by molar-refractivity contribution is 0.0957. The smallest absolute Gasteiger partial charge is 0.275 e. The van der Waals surface area contributed by atoms with Gasteiger partial charge in [0, 0.05) is 10.4 Å². The summed E-state index contributed by atoms with van der Waals surface area (Å²) < 4.78 is 5.78. The maximum absolute atomic E-state index is 11.5. The molecular weight excluding hydrogens is 284 g/mol. The van der Waals surface area contributed by atoms with Crippen molar-refractivity contribution < 1.29 is 9.53 Å². The number of thiophene rings is 1. The molecule has 0 saturated heterocycles. The molecule has 0 radical (unpaired) electrons. The number of carbonyl (C=O) groups is 1. The Bertz CT molecular complexity index is 605. The van der Waals surface area contributed by atoms with Gasteiger partial charge in [-0.05, 0) is 37.1 Å². The third kappa shape index (κ3) is 4.06. The molecule has 3 N–H and O–H groups in total. The van der Waals surface area contributed by atoms with E-state index >= 15 is 0 Å². The van der Waals surface area contributed by atoms with Crippen molar-refractivity contribution in [2.75, 3.05) is 0 Å². The molecule has 2 aromatic rings. The van der Waals surface area contributed by atoms with E-state index in [0.717, 1.165) is 29.0 Å². The van der Waals surface area contributed by atoms with Gasteiger partial charge in [0.05, 0.1) is 4.88 Å². The summed E-state index contributed by atoms with van der Waals surface area (Å²) in [7, 11) is 0. The van der Waals surface area contributed by atoms with Gasteiger partial charge in [0.25, 0.3) is 5.91 Å². The molecular formula is C16H20N2O2S. The lowest BCUT2D eigenvalue weighted by Crippen LogP contribution is -2.29. The van der Waals surface area contributed by atoms with E-state index in [1.807, 2.05) is 25.1 Å². The van der Waals surface area contributed by atoms with Crippen molar-refractivity contribution in [2.24, 2.45) is 5.84 Å². The van der Waals surface area contributed by atoms with Gasteiger partial charge in [-0.3, -0.25) is 10.2 Å². The van der Waals surface area contributed by atoms with Crippen LogP contribution in [0.15, 0.2) is 30.3 Å². The highest BCUT2D eigenvalue weighted by molar-refractivity contribution is 7.14. The van der Waals surface area contributed by atoms with Crippen LogP contribution in [0.25, 0.3) is 0 Å². The molecule has 4 nitrogen and oxygen atoms in total. The topological polar surface area (TPSA) is 64.3 Å². The molecule has 0 aliphatic carbocycles. The number of hydrogen-bond acceptors (Lipinski definition) is 4. The van der Waals surface area contributed by atoms with Gasteiger partial charge in [-0.25, -0.2) is 5.84 Å². The highest BCUT2D eigenvalue weighted by Gasteiger charge is 2.11. The predicted octanol–water partition coefficient (Wildman–Crippen LogP) is 3.19. The minimum atomic E-state index is -0.265. The Morgan fingerprint density at radius 1 is 1.33 bits per heavy atom. The molecule has 0 bridgehead atoms. The van der Waals surface area contributed by atoms with Crippen molar-refractivity contribution in [3.63, 3.8) is 0 Å². The zero-order chi connectivity index (χ0) is 15.2. The molecule has 1 aromatic carbocycles. The first kappa shape index (κ1) is 15.5. The Kier molecular flexibility index (Phi) is 5.36. The molecule has 2 rings (SSSR count). The number of amides is 1. The zero-order valence-electron chi connectivity index (χ0n) is 12.3. The first-order valence-corrected chi connectivity index (χ1v) is 7.77. The standard InChI is InChI=1S/C16H20N2O2S/c1-3-4-12-5-7-14(8-6-12)20-10-13-9-15(16(19)18-17)21-11(13)2/h5-9H,3-4,10,17H2,1-2H3,(H,18,19). The maximum Gasteiger partial charge on any atom is 0.275 e. The Labute approximate surface area is 128 Å². The summed E-state index contributed by atoms with van der Waals surface area (Å²) in [5, 5.41) is 0. The van der Waals surface area contributed by atoms with Crippen molar-refractivity contribution in [1.29, 1.82) is 0 Å². The number of rotatable bonds is 6. The van der Waals surface area contributed by atoms with Crippen LogP contribution in [0, 0.1) is 6.92 Å². The van der Waals surface area contributed by atoms with Crippen molar-refractivity contribution in [2.45, 2.75) is 33.3 Å². The second-order valence-electron chi connectivity index (χ2n) is 4.85. The molecule has 0 spiro atoms. The average Bonchev–Trinajstić information content (AvgIpc) is 2.87. The van der Waals surface area contributed by atoms with E-state index in [4.69, 9.17) is 10.6 Å². The summed E-state index contributed by atoms with van der Waals surface area (Å²) in [4.78, 5) is 13.2. The molecule has 0 unspecified atom stereocenters. The minimum absolute atomic E-state index is 0.265. The second-order valence-corrected chi connectivity index (χ2v) is 6.10. The Morgan fingerprint density at radius 2 is 2.05 bits per heavy atom. The van der Waals surface area contributed by atoms with Crippen LogP contribution < -0.4 is 16.0 Å². The Hall–Kier alpha value is -1.85. The fourth-order valence-electron chi connectivity index (χ4n) is 2.05. The largest absolute Gasteiger partial charge is 0.489 e. The SMILES string of the molecule is CCCc1ccc(OCc2cc(C(=O)NN)sc2C)cc1. The first-order chi connectivity index (χ1) is 10.1. The van der Waals surface area contributed by atoms with Crippen LogP contribution in [-0.4, -0.2) is 5.91 Å². The van der Waals surface area contributed by atoms with Crippen molar-refractivity contribution in [3.05, 3.63) is 51.2 Å². The van der Waals surface area contributed by atoms with Gasteiger partial charge in [-0.1, -0.05) is 25.5 Å². The fraction of sp³-hybridized carbons (Fsp3) is 0.312. The molecule has 5 heteroatoms. The molecule has 0 aliphatic heterocycles. The van der Waals surface area contributed by atoms with Gasteiger partial charge in [0.1, 0.15) is 12.4 Å². The van der Waals surface area contributed by atoms with E-state index < -0.39 is 0 Å². The van der Waals surface area contributed by atoms with E-state index in [1.165, 1.54) is 16.9 Å². The lowest BCUT2D eigenvalue weighted by atomic mass is 10.1. The van der Waals surface area contributed by atoms with Crippen LogP contribution >= 0.6 is 11.3 Å². The first-order valence-electron chi connectivity index (χ1n) is 6.96. The van der Waals surface area contributed by atoms with Crippen LogP contribution in [0.2, 0.25) is 0 Å². The normalized spacial score (nSPS) is 10.4. The predicted molar refractivity (Wildman–Crippen MR) is 85.5 cm³/mol. The maximum atomic E-state index is 11.5. The molecule has 0 atom stereocenters. The van der Waals surface area contributed by atoms with Gasteiger partial charge in [-0.2, -0.15) is 0 Å². The van der Waals surface area contributed by atoms with Crippen LogP contribution in [0.1, 0.15) is 39.0 Å². The highest BCUT2D eigenvalue weighted by Crippen LogP contribution is 2.23. The van der Waals surface area contributed by atoms with Gasteiger partial charge in [0.15, 0.2) is 0 Å². The van der Waals surface area contributed by atoms with Crippen molar-refractivity contribution in [3.8, 4) is 5.75 Å². The lowest BCUT2D eigenvalue weighted by Gasteiger charge is -2.06. The fourth-order valence-corrected chi connectivity index (χ4v) is 2.98. The summed E-state index contributed by atoms with van der Waals surface area (Å²) in [5.41, 5.74) is 4.47. The van der Waals surface area contributed by atoms with Gasteiger partial charge in [0.2, 0.25) is 0 Å². The van der Waals surface area contributed by atoms with E-state index in [0.29, 0.717) is 11.5 Å². The number of benzene rings is 1. The van der Waals surface area contributed by atoms with Crippen molar-refractivity contribution >= 4 is 17.2 Å². The molecule has 0 fully saturated rings. The molecule has 1 amide bonds. The number of nitrogens with one attached hydrogen (secondary N) is 1. The Balaban J connectivity index is 1.99. The van der Waals surface area contributed by atoms with E-state index in [-0.39, 0.29) is 5.91 Å². The van der Waals surface area contributed by atoms with E-state index in [2.05, 4.69) is 24.5 Å². The monoisotopic (exact) mass is 304 g/mol. The molecule has 1 heterocycles. The van der Waals surface area contributed by atoms with Crippen molar-refractivity contribution in [1.82, 2.24) is 5.43 Å². The minimum Gasteiger partial charge on any atom is -0.489 e. The number of hydrazine groups is 1. The van der Waals surface area contributed by atoms with Gasteiger partial charge >= 0.3 is 0 Å². The molecule has 0 saturated carbocycles. The number of carbonyl (C=O) groups excluding carboxylic acids is 1. The molecule has 1 aromatic heterocycles. The average molecular weight is 304 g/mol. The van der Waals surface area contributed by atoms with Crippen LogP contribution in [0.3, 0.4) is 0 Å². The second kappa shape index (κ2) is 7.24.